The van der Waals surface area contributed by atoms with Gasteiger partial charge in [0.15, 0.2) is 0 Å². The summed E-state index contributed by atoms with van der Waals surface area (Å²) in [6.07, 6.45) is 4.40. The van der Waals surface area contributed by atoms with Gasteiger partial charge in [0.2, 0.25) is 10.0 Å². The highest BCUT2D eigenvalue weighted by Crippen LogP contribution is 2.29. The van der Waals surface area contributed by atoms with E-state index < -0.39 is 10.0 Å². The highest BCUT2D eigenvalue weighted by atomic mass is 32.2. The maximum absolute atomic E-state index is 12.9. The number of nitrogens with zero attached hydrogens (tertiary/aromatic N) is 1. The van der Waals surface area contributed by atoms with E-state index in [0.29, 0.717) is 24.1 Å². The van der Waals surface area contributed by atoms with Crippen LogP contribution in [0.15, 0.2) is 47.5 Å². The highest BCUT2D eigenvalue weighted by molar-refractivity contribution is 7.89. The van der Waals surface area contributed by atoms with Gasteiger partial charge in [0.05, 0.1) is 0 Å². The molecule has 6 nitrogen and oxygen atoms in total. The monoisotopic (exact) mass is 389 g/mol. The molecule has 1 aliphatic rings. The summed E-state index contributed by atoms with van der Waals surface area (Å²) in [7, 11) is -3.88. The van der Waals surface area contributed by atoms with Crippen molar-refractivity contribution in [3.05, 3.63) is 53.9 Å². The minimum atomic E-state index is -3.88. The average Bonchev–Trinajstić information content (AvgIpc) is 3.03. The van der Waals surface area contributed by atoms with E-state index >= 15 is 0 Å². The lowest BCUT2D eigenvalue weighted by molar-refractivity contribution is 0.0901. The van der Waals surface area contributed by atoms with Gasteiger partial charge in [-0.15, -0.1) is 0 Å². The molecule has 3 rings (SSSR count). The number of benzene rings is 1. The summed E-state index contributed by atoms with van der Waals surface area (Å²) >= 11 is 0. The van der Waals surface area contributed by atoms with Crippen LogP contribution in [0.2, 0.25) is 0 Å². The summed E-state index contributed by atoms with van der Waals surface area (Å²) in [5, 5.41) is 8.36. The van der Waals surface area contributed by atoms with Gasteiger partial charge in [-0.25, -0.2) is 13.6 Å². The summed E-state index contributed by atoms with van der Waals surface area (Å²) in [5.41, 5.74) is 1.29. The maximum atomic E-state index is 12.9. The molecule has 1 aliphatic carbocycles. The van der Waals surface area contributed by atoms with E-state index in [2.05, 4.69) is 19.2 Å². The molecule has 0 aliphatic heterocycles. The first kappa shape index (κ1) is 19.6. The van der Waals surface area contributed by atoms with Gasteiger partial charge >= 0.3 is 0 Å². The number of aromatic nitrogens is 1. The molecule has 1 aromatic heterocycles. The standard InChI is InChI=1S/C20H27N3O3S/c1-14-8-9-17(10-15(14)2)22-20(24)19-11-18(27(21,25)26)13-23(19)12-16-6-4-3-5-7-16/h3-7,11,13-15,17H,8-10,12H2,1-2H3,(H,22,24)(H2,21,25,26). The van der Waals surface area contributed by atoms with Crippen molar-refractivity contribution in [3.8, 4) is 0 Å². The molecule has 1 aromatic carbocycles. The molecule has 1 amide bonds. The molecule has 146 valence electrons. The zero-order chi connectivity index (χ0) is 19.6. The molecular weight excluding hydrogens is 362 g/mol. The minimum absolute atomic E-state index is 0.0470. The van der Waals surface area contributed by atoms with E-state index in [0.717, 1.165) is 24.8 Å². The fraction of sp³-hybridized carbons (Fsp3) is 0.450. The maximum Gasteiger partial charge on any atom is 0.268 e. The summed E-state index contributed by atoms with van der Waals surface area (Å²) in [6.45, 7) is 4.85. The predicted octanol–water partition coefficient (Wildman–Crippen LogP) is 2.74. The summed E-state index contributed by atoms with van der Waals surface area (Å²) < 4.78 is 25.2. The molecule has 1 saturated carbocycles. The molecule has 0 spiro atoms. The van der Waals surface area contributed by atoms with Gasteiger partial charge in [0.25, 0.3) is 5.91 Å². The molecule has 3 atom stereocenters. The lowest BCUT2D eigenvalue weighted by atomic mass is 9.79. The van der Waals surface area contributed by atoms with E-state index in [-0.39, 0.29) is 16.8 Å². The van der Waals surface area contributed by atoms with Gasteiger partial charge < -0.3 is 9.88 Å². The van der Waals surface area contributed by atoms with Crippen molar-refractivity contribution in [2.75, 3.05) is 0 Å². The second-order valence-corrected chi connectivity index (χ2v) is 9.22. The van der Waals surface area contributed by atoms with E-state index in [1.807, 2.05) is 30.3 Å². The second-order valence-electron chi connectivity index (χ2n) is 7.66. The lowest BCUT2D eigenvalue weighted by Crippen LogP contribution is -2.40. The Hall–Kier alpha value is -2.12. The zero-order valence-electron chi connectivity index (χ0n) is 15.8. The van der Waals surface area contributed by atoms with Gasteiger partial charge in [-0.05, 0) is 42.7 Å². The van der Waals surface area contributed by atoms with Gasteiger partial charge in [-0.1, -0.05) is 44.2 Å². The Bertz CT molecular complexity index is 906. The van der Waals surface area contributed by atoms with Gasteiger partial charge in [0.1, 0.15) is 10.6 Å². The molecule has 7 heteroatoms. The third-order valence-electron chi connectivity index (χ3n) is 5.56. The SMILES string of the molecule is CC1CCC(NC(=O)c2cc(S(N)(=O)=O)cn2Cc2ccccc2)CC1C. The van der Waals surface area contributed by atoms with Gasteiger partial charge in [0, 0.05) is 18.8 Å². The Morgan fingerprint density at radius 3 is 2.52 bits per heavy atom. The average molecular weight is 390 g/mol. The number of hydrogen-bond donors (Lipinski definition) is 2. The molecule has 2 aromatic rings. The Kier molecular flexibility index (Phi) is 5.72. The van der Waals surface area contributed by atoms with Crippen LogP contribution in [0.5, 0.6) is 0 Å². The van der Waals surface area contributed by atoms with Crippen molar-refractivity contribution in [2.45, 2.75) is 50.6 Å². The van der Waals surface area contributed by atoms with Crippen LogP contribution in [-0.2, 0) is 16.6 Å². The van der Waals surface area contributed by atoms with Crippen molar-refractivity contribution in [1.29, 1.82) is 0 Å². The first-order valence-electron chi connectivity index (χ1n) is 9.32. The van der Waals surface area contributed by atoms with Crippen LogP contribution < -0.4 is 10.5 Å². The third kappa shape index (κ3) is 4.78. The molecule has 1 fully saturated rings. The van der Waals surface area contributed by atoms with E-state index in [1.165, 1.54) is 12.3 Å². The molecule has 1 heterocycles. The Balaban J connectivity index is 1.84. The van der Waals surface area contributed by atoms with Crippen LogP contribution >= 0.6 is 0 Å². The van der Waals surface area contributed by atoms with Crippen LogP contribution in [0.4, 0.5) is 0 Å². The number of hydrogen-bond acceptors (Lipinski definition) is 3. The molecule has 0 radical (unpaired) electrons. The zero-order valence-corrected chi connectivity index (χ0v) is 16.6. The van der Waals surface area contributed by atoms with Crippen molar-refractivity contribution < 1.29 is 13.2 Å². The fourth-order valence-corrected chi connectivity index (χ4v) is 4.23. The van der Waals surface area contributed by atoms with Crippen LogP contribution in [0.25, 0.3) is 0 Å². The topological polar surface area (TPSA) is 94.2 Å². The number of sulfonamides is 1. The number of nitrogens with two attached hydrogens (primary N) is 1. The molecule has 0 bridgehead atoms. The molecule has 0 saturated heterocycles. The Labute approximate surface area is 160 Å². The number of nitrogens with one attached hydrogen (secondary N) is 1. The largest absolute Gasteiger partial charge is 0.348 e. The lowest BCUT2D eigenvalue weighted by Gasteiger charge is -2.32. The third-order valence-corrected chi connectivity index (χ3v) is 6.44. The number of primary sulfonamides is 1. The smallest absolute Gasteiger partial charge is 0.268 e. The quantitative estimate of drug-likeness (QED) is 0.823. The van der Waals surface area contributed by atoms with Crippen LogP contribution in [0.1, 0.15) is 49.2 Å². The van der Waals surface area contributed by atoms with Gasteiger partial charge in [-0.3, -0.25) is 4.79 Å². The summed E-state index contributed by atoms with van der Waals surface area (Å²) in [5.74, 6) is 0.960. The summed E-state index contributed by atoms with van der Waals surface area (Å²) in [6, 6.07) is 11.1. The Morgan fingerprint density at radius 1 is 1.19 bits per heavy atom. The molecule has 3 N–H and O–H groups in total. The van der Waals surface area contributed by atoms with E-state index in [4.69, 9.17) is 5.14 Å². The first-order chi connectivity index (χ1) is 12.7. The van der Waals surface area contributed by atoms with Crippen molar-refractivity contribution in [1.82, 2.24) is 9.88 Å². The number of carbonyl (C=O) groups is 1. The predicted molar refractivity (Wildman–Crippen MR) is 105 cm³/mol. The minimum Gasteiger partial charge on any atom is -0.348 e. The first-order valence-corrected chi connectivity index (χ1v) is 10.9. The second kappa shape index (κ2) is 7.86. The molecule has 3 unspecified atom stereocenters. The van der Waals surface area contributed by atoms with Crippen LogP contribution in [-0.4, -0.2) is 24.9 Å². The van der Waals surface area contributed by atoms with E-state index in [9.17, 15) is 13.2 Å². The normalized spacial score (nSPS) is 23.1. The van der Waals surface area contributed by atoms with Gasteiger partial charge in [-0.2, -0.15) is 0 Å². The van der Waals surface area contributed by atoms with Crippen LogP contribution in [0.3, 0.4) is 0 Å². The van der Waals surface area contributed by atoms with E-state index in [1.54, 1.807) is 4.57 Å². The molecular formula is C20H27N3O3S. The molecule has 27 heavy (non-hydrogen) atoms. The number of amides is 1. The van der Waals surface area contributed by atoms with Crippen molar-refractivity contribution in [2.24, 2.45) is 17.0 Å². The number of carbonyl (C=O) groups excluding carboxylic acids is 1. The summed E-state index contributed by atoms with van der Waals surface area (Å²) in [4.78, 5) is 12.8. The Morgan fingerprint density at radius 2 is 1.89 bits per heavy atom. The van der Waals surface area contributed by atoms with Crippen LogP contribution in [0, 0.1) is 11.8 Å². The fourth-order valence-electron chi connectivity index (χ4n) is 3.68. The number of rotatable bonds is 5. The highest BCUT2D eigenvalue weighted by Gasteiger charge is 2.27. The van der Waals surface area contributed by atoms with Crippen molar-refractivity contribution >= 4 is 15.9 Å². The van der Waals surface area contributed by atoms with Crippen molar-refractivity contribution in [3.63, 3.8) is 0 Å².